The topological polar surface area (TPSA) is 29.2 Å². The van der Waals surface area contributed by atoms with Crippen LogP contribution in [0.5, 0.6) is 0 Å². The van der Waals surface area contributed by atoms with Crippen molar-refractivity contribution < 1.29 is 4.39 Å². The van der Waals surface area contributed by atoms with Crippen molar-refractivity contribution in [1.29, 1.82) is 0 Å². The Balaban J connectivity index is 1.37. The number of aromatic nitrogens is 3. The van der Waals surface area contributed by atoms with Gasteiger partial charge in [0.2, 0.25) is 0 Å². The molecule has 0 aliphatic carbocycles. The number of benzene rings is 2. The van der Waals surface area contributed by atoms with Crippen molar-refractivity contribution in [2.24, 2.45) is 5.92 Å². The number of nitrogens with zero attached hydrogens (tertiary/aromatic N) is 5. The fourth-order valence-electron chi connectivity index (χ4n) is 5.36. The fraction of sp³-hybridized carbons (Fsp3) is 0.296. The number of hydrogen-bond acceptors (Lipinski definition) is 3. The first kappa shape index (κ1) is 20.2. The molecule has 0 amide bonds. The van der Waals surface area contributed by atoms with Gasteiger partial charge in [-0.1, -0.05) is 12.1 Å². The van der Waals surface area contributed by atoms with Crippen molar-refractivity contribution in [3.8, 4) is 28.3 Å². The van der Waals surface area contributed by atoms with Crippen LogP contribution in [0.2, 0.25) is 0 Å². The van der Waals surface area contributed by atoms with Gasteiger partial charge >= 0.3 is 0 Å². The number of hydrogen-bond donors (Lipinski definition) is 0. The molecule has 4 aromatic rings. The minimum Gasteiger partial charge on any atom is -0.371 e. The van der Waals surface area contributed by atoms with Crippen LogP contribution in [0.25, 0.3) is 28.3 Å². The average Bonchev–Trinajstić information content (AvgIpc) is 3.53. The molecule has 0 radical (unpaired) electrons. The van der Waals surface area contributed by atoms with Crippen molar-refractivity contribution in [2.45, 2.75) is 13.0 Å². The Hall–Kier alpha value is -3.38. The lowest BCUT2D eigenvalue weighted by molar-refractivity contribution is 0.340. The molecular weight excluding hydrogens is 413 g/mol. The van der Waals surface area contributed by atoms with Crippen LogP contribution in [-0.2, 0) is 6.54 Å². The van der Waals surface area contributed by atoms with Gasteiger partial charge in [0.1, 0.15) is 5.82 Å². The van der Waals surface area contributed by atoms with E-state index in [0.29, 0.717) is 5.92 Å². The Kier molecular flexibility index (Phi) is 4.84. The summed E-state index contributed by atoms with van der Waals surface area (Å²) < 4.78 is 17.9. The van der Waals surface area contributed by atoms with Crippen LogP contribution in [0.4, 0.5) is 10.1 Å². The van der Waals surface area contributed by atoms with E-state index >= 15 is 0 Å². The molecule has 2 aliphatic rings. The normalized spacial score (nSPS) is 17.1. The van der Waals surface area contributed by atoms with Gasteiger partial charge in [0.25, 0.3) is 0 Å². The molecule has 6 rings (SSSR count). The molecule has 168 valence electrons. The van der Waals surface area contributed by atoms with Gasteiger partial charge in [-0.15, -0.1) is 0 Å². The van der Waals surface area contributed by atoms with E-state index in [9.17, 15) is 4.39 Å². The minimum atomic E-state index is -0.216. The molecule has 0 N–H and O–H groups in total. The first-order valence-corrected chi connectivity index (χ1v) is 11.6. The van der Waals surface area contributed by atoms with Crippen LogP contribution in [0, 0.1) is 11.7 Å². The second-order valence-electron chi connectivity index (χ2n) is 9.55. The van der Waals surface area contributed by atoms with Crippen LogP contribution in [0.15, 0.2) is 67.1 Å². The van der Waals surface area contributed by atoms with E-state index in [2.05, 4.69) is 68.5 Å². The van der Waals surface area contributed by atoms with E-state index in [4.69, 9.17) is 0 Å². The van der Waals surface area contributed by atoms with Crippen LogP contribution < -0.4 is 4.90 Å². The number of anilines is 1. The molecule has 6 heteroatoms. The maximum Gasteiger partial charge on any atom is 0.161 e. The highest BCUT2D eigenvalue weighted by molar-refractivity contribution is 5.72. The van der Waals surface area contributed by atoms with E-state index in [0.717, 1.165) is 48.8 Å². The van der Waals surface area contributed by atoms with E-state index < -0.39 is 0 Å². The van der Waals surface area contributed by atoms with Gasteiger partial charge in [-0.25, -0.2) is 9.37 Å². The smallest absolute Gasteiger partial charge is 0.161 e. The van der Waals surface area contributed by atoms with Crippen LogP contribution in [0.3, 0.4) is 0 Å². The maximum atomic E-state index is 13.4. The molecule has 0 saturated carbocycles. The molecule has 0 bridgehead atoms. The Morgan fingerprint density at radius 1 is 1.06 bits per heavy atom. The summed E-state index contributed by atoms with van der Waals surface area (Å²) in [4.78, 5) is 9.49. The van der Waals surface area contributed by atoms with Gasteiger partial charge in [-0.05, 0) is 74.0 Å². The Bertz CT molecular complexity index is 1300. The summed E-state index contributed by atoms with van der Waals surface area (Å²) in [6.45, 7) is 4.13. The third-order valence-corrected chi connectivity index (χ3v) is 6.88. The zero-order valence-corrected chi connectivity index (χ0v) is 19.1. The van der Waals surface area contributed by atoms with E-state index in [1.165, 1.54) is 35.5 Å². The number of rotatable bonds is 4. The lowest BCUT2D eigenvalue weighted by Crippen LogP contribution is -2.25. The van der Waals surface area contributed by atoms with Crippen molar-refractivity contribution in [1.82, 2.24) is 19.0 Å². The second-order valence-corrected chi connectivity index (χ2v) is 9.55. The lowest BCUT2D eigenvalue weighted by atomic mass is 10.1. The van der Waals surface area contributed by atoms with E-state index in [1.807, 2.05) is 24.5 Å². The SMILES string of the molecule is CN(C)C[C@H]1CCN(c2ccc3c(c2)Cn2cc(-c4ccc(F)cc4)cc2-c2nccn2-3)C1. The summed E-state index contributed by atoms with van der Waals surface area (Å²) in [5.74, 6) is 1.43. The Labute approximate surface area is 193 Å². The highest BCUT2D eigenvalue weighted by Crippen LogP contribution is 2.36. The summed E-state index contributed by atoms with van der Waals surface area (Å²) in [6.07, 6.45) is 7.30. The molecule has 5 nitrogen and oxygen atoms in total. The van der Waals surface area contributed by atoms with Gasteiger partial charge in [0.15, 0.2) is 5.82 Å². The summed E-state index contributed by atoms with van der Waals surface area (Å²) >= 11 is 0. The maximum absolute atomic E-state index is 13.4. The molecule has 1 atom stereocenters. The van der Waals surface area contributed by atoms with Gasteiger partial charge in [-0.3, -0.25) is 4.57 Å². The second kappa shape index (κ2) is 7.89. The van der Waals surface area contributed by atoms with Gasteiger partial charge in [0.05, 0.1) is 11.4 Å². The van der Waals surface area contributed by atoms with Gasteiger partial charge in [0, 0.05) is 56.0 Å². The quantitative estimate of drug-likeness (QED) is 0.397. The van der Waals surface area contributed by atoms with Crippen molar-refractivity contribution in [3.05, 3.63) is 78.5 Å². The number of halogens is 1. The molecule has 2 aromatic carbocycles. The van der Waals surface area contributed by atoms with Crippen molar-refractivity contribution >= 4 is 5.69 Å². The molecule has 2 aromatic heterocycles. The van der Waals surface area contributed by atoms with Gasteiger partial charge in [-0.2, -0.15) is 0 Å². The Morgan fingerprint density at radius 3 is 2.73 bits per heavy atom. The molecule has 33 heavy (non-hydrogen) atoms. The molecule has 1 saturated heterocycles. The molecule has 4 heterocycles. The van der Waals surface area contributed by atoms with Crippen LogP contribution in [-0.4, -0.2) is 52.7 Å². The van der Waals surface area contributed by atoms with E-state index in [-0.39, 0.29) is 5.82 Å². The fourth-order valence-corrected chi connectivity index (χ4v) is 5.36. The monoisotopic (exact) mass is 441 g/mol. The number of imidazole rings is 1. The summed E-state index contributed by atoms with van der Waals surface area (Å²) in [5.41, 5.74) is 6.92. The molecule has 2 aliphatic heterocycles. The minimum absolute atomic E-state index is 0.216. The van der Waals surface area contributed by atoms with Crippen molar-refractivity contribution in [3.63, 3.8) is 0 Å². The standard InChI is InChI=1S/C27H28FN5/c1-30(2)15-19-9-11-31(16-19)24-7-8-25-22(13-24)18-32-17-21(20-3-5-23(28)6-4-20)14-26(32)27-29-10-12-33(25)27/h3-8,10,12-14,17,19H,9,11,15-16,18H2,1-2H3/t19-/m1/s1. The third-order valence-electron chi connectivity index (χ3n) is 6.88. The van der Waals surface area contributed by atoms with Gasteiger partial charge < -0.3 is 14.4 Å². The summed E-state index contributed by atoms with van der Waals surface area (Å²) in [7, 11) is 4.31. The first-order chi connectivity index (χ1) is 16.0. The van der Waals surface area contributed by atoms with Crippen LogP contribution in [0.1, 0.15) is 12.0 Å². The van der Waals surface area contributed by atoms with E-state index in [1.54, 1.807) is 0 Å². The van der Waals surface area contributed by atoms with Crippen LogP contribution >= 0.6 is 0 Å². The predicted molar refractivity (Wildman–Crippen MR) is 130 cm³/mol. The highest BCUT2D eigenvalue weighted by Gasteiger charge is 2.25. The zero-order chi connectivity index (χ0) is 22.5. The highest BCUT2D eigenvalue weighted by atomic mass is 19.1. The molecule has 1 fully saturated rings. The average molecular weight is 442 g/mol. The molecular formula is C27H28FN5. The molecule has 0 spiro atoms. The summed E-state index contributed by atoms with van der Waals surface area (Å²) in [6, 6.07) is 15.7. The first-order valence-electron chi connectivity index (χ1n) is 11.6. The van der Waals surface area contributed by atoms with Crippen molar-refractivity contribution in [2.75, 3.05) is 38.6 Å². The lowest BCUT2D eigenvalue weighted by Gasteiger charge is -2.22. The summed E-state index contributed by atoms with van der Waals surface area (Å²) in [5, 5.41) is 0. The predicted octanol–water partition coefficient (Wildman–Crippen LogP) is 4.90. The Morgan fingerprint density at radius 2 is 1.91 bits per heavy atom. The number of fused-ring (bicyclic) bond motifs is 5. The largest absolute Gasteiger partial charge is 0.371 e. The molecule has 0 unspecified atom stereocenters. The zero-order valence-electron chi connectivity index (χ0n) is 19.1. The third kappa shape index (κ3) is 3.64.